The standard InChI is InChI=1S/C17H34N2O4/c1-11(2)16(6,22)12(3)9-13(4)17(7,23)14(5)18-15(21)19(8)10-20/h10-14,22-23H,9H2,1-8H3,(H,18,21). The number of rotatable bonds is 8. The van der Waals surface area contributed by atoms with E-state index in [1.54, 1.807) is 13.8 Å². The number of hydrogen-bond donors (Lipinski definition) is 3. The van der Waals surface area contributed by atoms with Crippen molar-refractivity contribution >= 4 is 12.4 Å². The Morgan fingerprint density at radius 3 is 1.91 bits per heavy atom. The van der Waals surface area contributed by atoms with E-state index in [0.29, 0.717) is 12.8 Å². The zero-order valence-electron chi connectivity index (χ0n) is 15.8. The predicted molar refractivity (Wildman–Crippen MR) is 90.9 cm³/mol. The van der Waals surface area contributed by atoms with Crippen LogP contribution in [0.25, 0.3) is 0 Å². The van der Waals surface area contributed by atoms with Crippen LogP contribution in [0.2, 0.25) is 0 Å². The van der Waals surface area contributed by atoms with Crippen LogP contribution in [0.1, 0.15) is 54.9 Å². The van der Waals surface area contributed by atoms with Crippen LogP contribution in [0, 0.1) is 17.8 Å². The minimum absolute atomic E-state index is 0.00970. The average molecular weight is 330 g/mol. The molecule has 0 aromatic rings. The van der Waals surface area contributed by atoms with Gasteiger partial charge in [0.1, 0.15) is 0 Å². The minimum atomic E-state index is -1.17. The molecule has 0 aliphatic carbocycles. The number of hydrogen-bond acceptors (Lipinski definition) is 4. The lowest BCUT2D eigenvalue weighted by Crippen LogP contribution is -2.55. The largest absolute Gasteiger partial charge is 0.390 e. The molecular formula is C17H34N2O4. The summed E-state index contributed by atoms with van der Waals surface area (Å²) in [7, 11) is 1.36. The maximum Gasteiger partial charge on any atom is 0.323 e. The highest BCUT2D eigenvalue weighted by atomic mass is 16.3. The van der Waals surface area contributed by atoms with Crippen LogP contribution in [0.5, 0.6) is 0 Å². The van der Waals surface area contributed by atoms with Gasteiger partial charge in [-0.3, -0.25) is 9.69 Å². The number of aliphatic hydroxyl groups is 2. The van der Waals surface area contributed by atoms with E-state index in [9.17, 15) is 19.8 Å². The number of urea groups is 1. The zero-order valence-corrected chi connectivity index (χ0v) is 15.8. The van der Waals surface area contributed by atoms with Gasteiger partial charge in [0, 0.05) is 7.05 Å². The lowest BCUT2D eigenvalue weighted by molar-refractivity contribution is -0.115. The molecule has 0 aromatic carbocycles. The van der Waals surface area contributed by atoms with Crippen molar-refractivity contribution in [3.63, 3.8) is 0 Å². The summed E-state index contributed by atoms with van der Waals surface area (Å²) in [6, 6.07) is -1.09. The molecule has 23 heavy (non-hydrogen) atoms. The van der Waals surface area contributed by atoms with Crippen molar-refractivity contribution < 1.29 is 19.8 Å². The van der Waals surface area contributed by atoms with E-state index in [1.807, 2.05) is 34.6 Å². The Morgan fingerprint density at radius 2 is 1.52 bits per heavy atom. The Morgan fingerprint density at radius 1 is 1.09 bits per heavy atom. The van der Waals surface area contributed by atoms with E-state index in [0.717, 1.165) is 4.90 Å². The van der Waals surface area contributed by atoms with Crippen molar-refractivity contribution in [2.45, 2.75) is 72.1 Å². The van der Waals surface area contributed by atoms with E-state index in [1.165, 1.54) is 7.05 Å². The molecule has 5 unspecified atom stereocenters. The van der Waals surface area contributed by atoms with Crippen LogP contribution in [-0.4, -0.2) is 51.8 Å². The highest BCUT2D eigenvalue weighted by molar-refractivity contribution is 5.84. The number of carbonyl (C=O) groups excluding carboxylic acids is 2. The molecule has 3 N–H and O–H groups in total. The Kier molecular flexibility index (Phi) is 7.70. The van der Waals surface area contributed by atoms with Gasteiger partial charge in [0.2, 0.25) is 6.41 Å². The summed E-state index contributed by atoms with van der Waals surface area (Å²) in [5.41, 5.74) is -1.99. The van der Waals surface area contributed by atoms with Gasteiger partial charge in [-0.15, -0.1) is 0 Å². The van der Waals surface area contributed by atoms with Crippen molar-refractivity contribution in [3.8, 4) is 0 Å². The molecule has 0 aliphatic rings. The van der Waals surface area contributed by atoms with Crippen molar-refractivity contribution in [2.75, 3.05) is 7.05 Å². The summed E-state index contributed by atoms with van der Waals surface area (Å²) < 4.78 is 0. The topological polar surface area (TPSA) is 89.9 Å². The third-order valence-corrected chi connectivity index (χ3v) is 5.57. The monoisotopic (exact) mass is 330 g/mol. The SMILES string of the molecule is CC(C)C(C)(O)C(C)CC(C)C(C)(O)C(C)NC(=O)N(C)C=O. The first-order valence-corrected chi connectivity index (χ1v) is 8.21. The summed E-state index contributed by atoms with van der Waals surface area (Å²) in [6.07, 6.45) is 1.03. The fourth-order valence-corrected chi connectivity index (χ4v) is 2.48. The number of carbonyl (C=O) groups is 2. The molecule has 136 valence electrons. The van der Waals surface area contributed by atoms with Gasteiger partial charge in [0.15, 0.2) is 0 Å². The maximum absolute atomic E-state index is 11.8. The second kappa shape index (κ2) is 8.11. The summed E-state index contributed by atoms with van der Waals surface area (Å²) >= 11 is 0. The van der Waals surface area contributed by atoms with Crippen molar-refractivity contribution in [3.05, 3.63) is 0 Å². The third kappa shape index (κ3) is 5.46. The molecule has 0 bridgehead atoms. The fraction of sp³-hybridized carbons (Fsp3) is 0.882. The maximum atomic E-state index is 11.8. The van der Waals surface area contributed by atoms with E-state index < -0.39 is 23.3 Å². The van der Waals surface area contributed by atoms with Gasteiger partial charge in [0.05, 0.1) is 17.2 Å². The van der Waals surface area contributed by atoms with E-state index >= 15 is 0 Å². The first-order valence-electron chi connectivity index (χ1n) is 8.21. The average Bonchev–Trinajstić information content (AvgIpc) is 2.45. The van der Waals surface area contributed by atoms with Crippen LogP contribution in [-0.2, 0) is 4.79 Å². The van der Waals surface area contributed by atoms with Crippen LogP contribution in [0.3, 0.4) is 0 Å². The van der Waals surface area contributed by atoms with Gasteiger partial charge < -0.3 is 15.5 Å². The zero-order chi connectivity index (χ0) is 18.6. The highest BCUT2D eigenvalue weighted by Gasteiger charge is 2.40. The van der Waals surface area contributed by atoms with Crippen LogP contribution < -0.4 is 5.32 Å². The van der Waals surface area contributed by atoms with Crippen molar-refractivity contribution in [1.29, 1.82) is 0 Å². The summed E-state index contributed by atoms with van der Waals surface area (Å²) in [4.78, 5) is 23.3. The van der Waals surface area contributed by atoms with Crippen LogP contribution in [0.4, 0.5) is 4.79 Å². The molecule has 0 spiro atoms. The smallest absolute Gasteiger partial charge is 0.323 e. The summed E-state index contributed by atoms with van der Waals surface area (Å²) in [5.74, 6) is -0.0582. The highest BCUT2D eigenvalue weighted by Crippen LogP contribution is 2.34. The summed E-state index contributed by atoms with van der Waals surface area (Å²) in [6.45, 7) is 13.0. The van der Waals surface area contributed by atoms with Gasteiger partial charge in [-0.25, -0.2) is 4.79 Å². The third-order valence-electron chi connectivity index (χ3n) is 5.57. The number of nitrogens with zero attached hydrogens (tertiary/aromatic N) is 1. The molecule has 0 rings (SSSR count). The lowest BCUT2D eigenvalue weighted by atomic mass is 9.72. The van der Waals surface area contributed by atoms with Gasteiger partial charge in [0.25, 0.3) is 0 Å². The first-order chi connectivity index (χ1) is 10.3. The van der Waals surface area contributed by atoms with Gasteiger partial charge in [-0.05, 0) is 44.9 Å². The predicted octanol–water partition coefficient (Wildman–Crippen LogP) is 1.99. The quantitative estimate of drug-likeness (QED) is 0.594. The molecule has 0 saturated heterocycles. The minimum Gasteiger partial charge on any atom is -0.390 e. The van der Waals surface area contributed by atoms with Crippen molar-refractivity contribution in [1.82, 2.24) is 10.2 Å². The Bertz CT molecular complexity index is 407. The molecule has 3 amide bonds. The second-order valence-corrected chi connectivity index (χ2v) is 7.53. The number of nitrogens with one attached hydrogen (secondary N) is 1. The lowest BCUT2D eigenvalue weighted by Gasteiger charge is -2.41. The molecule has 0 aromatic heterocycles. The van der Waals surface area contributed by atoms with Gasteiger partial charge in [-0.2, -0.15) is 0 Å². The molecule has 0 fully saturated rings. The molecular weight excluding hydrogens is 296 g/mol. The normalized spacial score (nSPS) is 20.8. The first kappa shape index (κ1) is 21.9. The molecule has 0 heterocycles. The molecule has 0 saturated carbocycles. The molecule has 0 radical (unpaired) electrons. The molecule has 0 aliphatic heterocycles. The number of imide groups is 1. The Balaban J connectivity index is 4.92. The Hall–Kier alpha value is -1.14. The summed E-state index contributed by atoms with van der Waals surface area (Å²) in [5, 5.41) is 24.0. The van der Waals surface area contributed by atoms with Crippen LogP contribution in [0.15, 0.2) is 0 Å². The van der Waals surface area contributed by atoms with Gasteiger partial charge in [-0.1, -0.05) is 27.7 Å². The van der Waals surface area contributed by atoms with Gasteiger partial charge >= 0.3 is 6.03 Å². The number of amides is 3. The molecule has 6 nitrogen and oxygen atoms in total. The van der Waals surface area contributed by atoms with Crippen LogP contribution >= 0.6 is 0 Å². The fourth-order valence-electron chi connectivity index (χ4n) is 2.48. The Labute approximate surface area is 140 Å². The van der Waals surface area contributed by atoms with Crippen molar-refractivity contribution in [2.24, 2.45) is 17.8 Å². The molecule has 5 atom stereocenters. The van der Waals surface area contributed by atoms with E-state index in [2.05, 4.69) is 5.32 Å². The van der Waals surface area contributed by atoms with E-state index in [4.69, 9.17) is 0 Å². The van der Waals surface area contributed by atoms with E-state index in [-0.39, 0.29) is 17.8 Å². The molecule has 6 heteroatoms. The second-order valence-electron chi connectivity index (χ2n) is 7.53.